The first-order valence-corrected chi connectivity index (χ1v) is 5.35. The van der Waals surface area contributed by atoms with E-state index in [4.69, 9.17) is 4.74 Å². The van der Waals surface area contributed by atoms with Gasteiger partial charge in [-0.05, 0) is 12.1 Å². The number of carbonyl (C=O) groups is 3. The molecule has 0 radical (unpaired) electrons. The van der Waals surface area contributed by atoms with Crippen LogP contribution in [0.3, 0.4) is 0 Å². The molecule has 1 fully saturated rings. The van der Waals surface area contributed by atoms with Crippen molar-refractivity contribution in [2.45, 2.75) is 6.04 Å². The lowest BCUT2D eigenvalue weighted by Gasteiger charge is -2.21. The minimum absolute atomic E-state index is 0.238. The molecule has 1 heterocycles. The van der Waals surface area contributed by atoms with Crippen LogP contribution in [-0.4, -0.2) is 37.1 Å². The average Bonchev–Trinajstić information content (AvgIpc) is 2.40. The second kappa shape index (κ2) is 5.31. The van der Waals surface area contributed by atoms with E-state index in [0.717, 1.165) is 0 Å². The molecule has 18 heavy (non-hydrogen) atoms. The molecule has 1 aromatic rings. The van der Waals surface area contributed by atoms with E-state index in [0.29, 0.717) is 5.56 Å². The summed E-state index contributed by atoms with van der Waals surface area (Å²) < 4.78 is 9.53. The Kier molecular flexibility index (Phi) is 3.57. The molecule has 0 spiro atoms. The fourth-order valence-corrected chi connectivity index (χ4v) is 1.46. The molecule has 1 atom stereocenters. The zero-order valence-electron chi connectivity index (χ0n) is 9.42. The predicted molar refractivity (Wildman–Crippen MR) is 59.6 cm³/mol. The van der Waals surface area contributed by atoms with E-state index in [-0.39, 0.29) is 13.2 Å². The zero-order valence-corrected chi connectivity index (χ0v) is 9.42. The Balaban J connectivity index is 1.89. The number of amides is 1. The lowest BCUT2D eigenvalue weighted by Crippen LogP contribution is -2.51. The topological polar surface area (TPSA) is 81.7 Å². The zero-order chi connectivity index (χ0) is 13.0. The second-order valence-electron chi connectivity index (χ2n) is 3.69. The summed E-state index contributed by atoms with van der Waals surface area (Å²) in [5.74, 6) is -1.56. The maximum atomic E-state index is 11.6. The van der Waals surface area contributed by atoms with E-state index < -0.39 is 23.9 Å². The van der Waals surface area contributed by atoms with E-state index in [2.05, 4.69) is 10.1 Å². The number of nitrogens with one attached hydrogen (secondary N) is 1. The van der Waals surface area contributed by atoms with Gasteiger partial charge in [-0.15, -0.1) is 0 Å². The van der Waals surface area contributed by atoms with Crippen molar-refractivity contribution in [3.63, 3.8) is 0 Å². The molecule has 6 heteroatoms. The quantitative estimate of drug-likeness (QED) is 0.755. The van der Waals surface area contributed by atoms with Gasteiger partial charge in [0.15, 0.2) is 12.6 Å². The van der Waals surface area contributed by atoms with Crippen molar-refractivity contribution in [2.24, 2.45) is 0 Å². The van der Waals surface area contributed by atoms with Crippen molar-refractivity contribution >= 4 is 17.8 Å². The number of cyclic esters (lactones) is 1. The maximum absolute atomic E-state index is 11.6. The molecule has 0 bridgehead atoms. The first-order valence-electron chi connectivity index (χ1n) is 5.35. The number of rotatable bonds is 3. The first-order chi connectivity index (χ1) is 8.66. The Hall–Kier alpha value is -2.37. The van der Waals surface area contributed by atoms with E-state index >= 15 is 0 Å². The van der Waals surface area contributed by atoms with Gasteiger partial charge in [0.25, 0.3) is 5.91 Å². The summed E-state index contributed by atoms with van der Waals surface area (Å²) in [5.41, 5.74) is 0.382. The summed E-state index contributed by atoms with van der Waals surface area (Å²) in [6, 6.07) is 7.44. The number of hydrogen-bond donors (Lipinski definition) is 1. The fraction of sp³-hybridized carbons (Fsp3) is 0.250. The van der Waals surface area contributed by atoms with Crippen LogP contribution in [0.5, 0.6) is 0 Å². The monoisotopic (exact) mass is 249 g/mol. The average molecular weight is 249 g/mol. The first kappa shape index (κ1) is 12.1. The van der Waals surface area contributed by atoms with Crippen LogP contribution in [0.2, 0.25) is 0 Å². The summed E-state index contributed by atoms with van der Waals surface area (Å²) >= 11 is 0. The summed E-state index contributed by atoms with van der Waals surface area (Å²) in [6.45, 7) is -0.528. The molecule has 94 valence electrons. The smallest absolute Gasteiger partial charge is 0.338 e. The molecule has 1 aromatic carbocycles. The van der Waals surface area contributed by atoms with Crippen molar-refractivity contribution in [1.29, 1.82) is 0 Å². The number of morpholine rings is 1. The van der Waals surface area contributed by atoms with Crippen LogP contribution in [-0.2, 0) is 19.1 Å². The Morgan fingerprint density at radius 1 is 1.33 bits per heavy atom. The summed E-state index contributed by atoms with van der Waals surface area (Å²) in [6.07, 6.45) is 0. The third-order valence-corrected chi connectivity index (χ3v) is 2.36. The highest BCUT2D eigenvalue weighted by Gasteiger charge is 2.29. The van der Waals surface area contributed by atoms with Gasteiger partial charge in [0.2, 0.25) is 0 Å². The lowest BCUT2D eigenvalue weighted by molar-refractivity contribution is -0.158. The van der Waals surface area contributed by atoms with Crippen molar-refractivity contribution < 1.29 is 23.9 Å². The number of ether oxygens (including phenoxy) is 2. The molecule has 0 aliphatic carbocycles. The van der Waals surface area contributed by atoms with Crippen LogP contribution in [0.25, 0.3) is 0 Å². The molecule has 1 aliphatic rings. The summed E-state index contributed by atoms with van der Waals surface area (Å²) in [4.78, 5) is 33.9. The molecule has 1 aliphatic heterocycles. The summed E-state index contributed by atoms with van der Waals surface area (Å²) in [5, 5.41) is 2.38. The van der Waals surface area contributed by atoms with E-state index in [1.54, 1.807) is 30.3 Å². The van der Waals surface area contributed by atoms with E-state index in [9.17, 15) is 14.4 Å². The van der Waals surface area contributed by atoms with Gasteiger partial charge in [0.05, 0.1) is 5.56 Å². The second-order valence-corrected chi connectivity index (χ2v) is 3.69. The highest BCUT2D eigenvalue weighted by Crippen LogP contribution is 2.03. The fourth-order valence-electron chi connectivity index (χ4n) is 1.46. The Morgan fingerprint density at radius 3 is 2.78 bits per heavy atom. The molecule has 6 nitrogen and oxygen atoms in total. The van der Waals surface area contributed by atoms with Crippen molar-refractivity contribution in [3.05, 3.63) is 35.9 Å². The molecule has 1 amide bonds. The minimum Gasteiger partial charge on any atom is -0.459 e. The molecule has 1 unspecified atom stereocenters. The third-order valence-electron chi connectivity index (χ3n) is 2.36. The molecule has 0 aromatic heterocycles. The van der Waals surface area contributed by atoms with Crippen molar-refractivity contribution in [1.82, 2.24) is 5.32 Å². The molecule has 1 N–H and O–H groups in total. The van der Waals surface area contributed by atoms with Crippen molar-refractivity contribution in [2.75, 3.05) is 13.2 Å². The highest BCUT2D eigenvalue weighted by atomic mass is 16.6. The van der Waals surface area contributed by atoms with Crippen LogP contribution >= 0.6 is 0 Å². The normalized spacial score (nSPS) is 18.8. The van der Waals surface area contributed by atoms with E-state index in [1.807, 2.05) is 0 Å². The van der Waals surface area contributed by atoms with Gasteiger partial charge >= 0.3 is 11.9 Å². The van der Waals surface area contributed by atoms with Crippen LogP contribution in [0.1, 0.15) is 10.4 Å². The molecule has 1 saturated heterocycles. The van der Waals surface area contributed by atoms with Gasteiger partial charge in [-0.2, -0.15) is 0 Å². The third kappa shape index (κ3) is 2.85. The van der Waals surface area contributed by atoms with Gasteiger partial charge < -0.3 is 14.8 Å². The predicted octanol–water partition coefficient (Wildman–Crippen LogP) is -0.115. The number of hydrogen-bond acceptors (Lipinski definition) is 5. The molecular weight excluding hydrogens is 238 g/mol. The Morgan fingerprint density at radius 2 is 2.06 bits per heavy atom. The molecular formula is C12H11NO5. The number of benzene rings is 1. The maximum Gasteiger partial charge on any atom is 0.338 e. The van der Waals surface area contributed by atoms with Crippen molar-refractivity contribution in [3.8, 4) is 0 Å². The summed E-state index contributed by atoms with van der Waals surface area (Å²) in [7, 11) is 0. The van der Waals surface area contributed by atoms with Gasteiger partial charge in [0.1, 0.15) is 6.61 Å². The number of esters is 2. The highest BCUT2D eigenvalue weighted by molar-refractivity contribution is 5.92. The lowest BCUT2D eigenvalue weighted by atomic mass is 10.2. The van der Waals surface area contributed by atoms with Crippen LogP contribution in [0, 0.1) is 0 Å². The minimum atomic E-state index is -0.932. The van der Waals surface area contributed by atoms with Crippen LogP contribution < -0.4 is 5.32 Å². The van der Waals surface area contributed by atoms with Gasteiger partial charge in [-0.25, -0.2) is 9.59 Å². The van der Waals surface area contributed by atoms with Gasteiger partial charge in [-0.1, -0.05) is 18.2 Å². The molecule has 2 rings (SSSR count). The van der Waals surface area contributed by atoms with Gasteiger partial charge in [-0.3, -0.25) is 4.79 Å². The van der Waals surface area contributed by atoms with Gasteiger partial charge in [0, 0.05) is 0 Å². The van der Waals surface area contributed by atoms with E-state index in [1.165, 1.54) is 0 Å². The Bertz CT molecular complexity index is 471. The SMILES string of the molecule is O=C1COC(=O)C(COC(=O)c2ccccc2)N1. The number of carbonyl (C=O) groups excluding carboxylic acids is 3. The Labute approximate surface area is 103 Å². The largest absolute Gasteiger partial charge is 0.459 e. The standard InChI is InChI=1S/C12H11NO5/c14-10-7-18-12(16)9(13-10)6-17-11(15)8-4-2-1-3-5-8/h1-5,9H,6-7H2,(H,13,14). The molecule has 0 saturated carbocycles. The van der Waals surface area contributed by atoms with Crippen LogP contribution in [0.4, 0.5) is 0 Å². The van der Waals surface area contributed by atoms with Crippen LogP contribution in [0.15, 0.2) is 30.3 Å².